The first-order valence-corrected chi connectivity index (χ1v) is 7.76. The summed E-state index contributed by atoms with van der Waals surface area (Å²) in [6, 6.07) is 8.23. The highest BCUT2D eigenvalue weighted by atomic mass is 32.2. The highest BCUT2D eigenvalue weighted by Crippen LogP contribution is 2.18. The van der Waals surface area contributed by atoms with Gasteiger partial charge in [0, 0.05) is 31.0 Å². The molecule has 2 amide bonds. The molecule has 0 spiro atoms. The summed E-state index contributed by atoms with van der Waals surface area (Å²) >= 11 is 1.53. The minimum atomic E-state index is 0.0309. The third-order valence-corrected chi connectivity index (χ3v) is 4.39. The molecule has 108 valence electrons. The van der Waals surface area contributed by atoms with Crippen molar-refractivity contribution in [1.82, 2.24) is 10.2 Å². The van der Waals surface area contributed by atoms with Crippen LogP contribution in [0.2, 0.25) is 0 Å². The highest BCUT2D eigenvalue weighted by Gasteiger charge is 2.23. The van der Waals surface area contributed by atoms with E-state index in [2.05, 4.69) is 5.32 Å². The second kappa shape index (κ2) is 6.79. The fourth-order valence-corrected chi connectivity index (χ4v) is 2.89. The molecule has 1 heterocycles. The van der Waals surface area contributed by atoms with Crippen LogP contribution >= 0.6 is 11.8 Å². The molecular formula is C15H20N2O2S. The van der Waals surface area contributed by atoms with Crippen molar-refractivity contribution >= 4 is 23.6 Å². The van der Waals surface area contributed by atoms with E-state index in [1.165, 1.54) is 17.3 Å². The van der Waals surface area contributed by atoms with Gasteiger partial charge in [-0.05, 0) is 25.5 Å². The lowest BCUT2D eigenvalue weighted by molar-refractivity contribution is -0.133. The van der Waals surface area contributed by atoms with Crippen LogP contribution in [0.3, 0.4) is 0 Å². The summed E-state index contributed by atoms with van der Waals surface area (Å²) in [5.74, 6) is 0.602. The number of carbonyl (C=O) groups excluding carboxylic acids is 2. The summed E-state index contributed by atoms with van der Waals surface area (Å²) in [6.45, 7) is 2.65. The molecule has 1 aromatic carbocycles. The van der Waals surface area contributed by atoms with E-state index in [0.717, 1.165) is 11.3 Å². The third-order valence-electron chi connectivity index (χ3n) is 3.38. The number of likely N-dealkylation sites (N-methyl/N-ethyl adjacent to an activating group) is 1. The van der Waals surface area contributed by atoms with Gasteiger partial charge in [-0.15, -0.1) is 11.8 Å². The van der Waals surface area contributed by atoms with E-state index in [-0.39, 0.29) is 17.9 Å². The molecular weight excluding hydrogens is 272 g/mol. The number of hydrogen-bond acceptors (Lipinski definition) is 3. The molecule has 0 saturated carbocycles. The Labute approximate surface area is 123 Å². The Morgan fingerprint density at radius 2 is 2.10 bits per heavy atom. The van der Waals surface area contributed by atoms with Crippen LogP contribution in [0.5, 0.6) is 0 Å². The van der Waals surface area contributed by atoms with E-state index in [1.54, 1.807) is 11.9 Å². The maximum atomic E-state index is 11.9. The lowest BCUT2D eigenvalue weighted by Crippen LogP contribution is -2.48. The molecule has 1 fully saturated rings. The first kappa shape index (κ1) is 14.9. The number of piperidine rings is 1. The van der Waals surface area contributed by atoms with E-state index in [9.17, 15) is 9.59 Å². The minimum absolute atomic E-state index is 0.0309. The molecule has 1 N–H and O–H groups in total. The van der Waals surface area contributed by atoms with E-state index in [4.69, 9.17) is 0 Å². The Balaban J connectivity index is 1.75. The summed E-state index contributed by atoms with van der Waals surface area (Å²) < 4.78 is 0. The van der Waals surface area contributed by atoms with Gasteiger partial charge in [0.25, 0.3) is 0 Å². The Kier molecular flexibility index (Phi) is 5.06. The van der Waals surface area contributed by atoms with Gasteiger partial charge < -0.3 is 10.2 Å². The fourth-order valence-electron chi connectivity index (χ4n) is 2.18. The molecule has 4 nitrogen and oxygen atoms in total. The Morgan fingerprint density at radius 1 is 1.40 bits per heavy atom. The summed E-state index contributed by atoms with van der Waals surface area (Å²) in [5, 5.41) is 3.00. The van der Waals surface area contributed by atoms with Gasteiger partial charge >= 0.3 is 0 Å². The predicted octanol–water partition coefficient (Wildman–Crippen LogP) is 1.82. The van der Waals surface area contributed by atoms with Gasteiger partial charge in [-0.1, -0.05) is 17.7 Å². The summed E-state index contributed by atoms with van der Waals surface area (Å²) in [6.07, 6.45) is 1.26. The highest BCUT2D eigenvalue weighted by molar-refractivity contribution is 8.00. The molecule has 1 aliphatic heterocycles. The minimum Gasteiger partial charge on any atom is -0.351 e. The molecule has 1 saturated heterocycles. The van der Waals surface area contributed by atoms with Gasteiger partial charge in [-0.2, -0.15) is 0 Å². The molecule has 2 rings (SSSR count). The SMILES string of the molecule is Cc1ccc(SCC(=O)N[C@@H]2CCC(=O)N(C)C2)cc1. The molecule has 0 aromatic heterocycles. The second-order valence-electron chi connectivity index (χ2n) is 5.18. The molecule has 1 atom stereocenters. The number of nitrogens with one attached hydrogen (secondary N) is 1. The number of thioether (sulfide) groups is 1. The smallest absolute Gasteiger partial charge is 0.230 e. The molecule has 5 heteroatoms. The molecule has 0 aliphatic carbocycles. The normalized spacial score (nSPS) is 19.0. The van der Waals surface area contributed by atoms with Crippen LogP contribution in [0, 0.1) is 6.92 Å². The molecule has 0 unspecified atom stereocenters. The topological polar surface area (TPSA) is 49.4 Å². The van der Waals surface area contributed by atoms with E-state index >= 15 is 0 Å². The maximum Gasteiger partial charge on any atom is 0.230 e. The monoisotopic (exact) mass is 292 g/mol. The fraction of sp³-hybridized carbons (Fsp3) is 0.467. The number of likely N-dealkylation sites (tertiary alicyclic amines) is 1. The van der Waals surface area contributed by atoms with Crippen LogP contribution in [-0.4, -0.2) is 42.1 Å². The molecule has 0 bridgehead atoms. The Hall–Kier alpha value is -1.49. The first-order chi connectivity index (χ1) is 9.54. The van der Waals surface area contributed by atoms with Crippen molar-refractivity contribution in [2.24, 2.45) is 0 Å². The number of rotatable bonds is 4. The zero-order valence-electron chi connectivity index (χ0n) is 11.9. The molecule has 0 radical (unpaired) electrons. The van der Waals surface area contributed by atoms with Gasteiger partial charge in [0.2, 0.25) is 11.8 Å². The van der Waals surface area contributed by atoms with Crippen molar-refractivity contribution in [2.45, 2.75) is 30.7 Å². The van der Waals surface area contributed by atoms with Crippen molar-refractivity contribution < 1.29 is 9.59 Å². The number of benzene rings is 1. The third kappa shape index (κ3) is 4.27. The average molecular weight is 292 g/mol. The van der Waals surface area contributed by atoms with Gasteiger partial charge in [-0.3, -0.25) is 9.59 Å². The zero-order valence-corrected chi connectivity index (χ0v) is 12.7. The predicted molar refractivity (Wildman–Crippen MR) is 80.7 cm³/mol. The van der Waals surface area contributed by atoms with E-state index in [1.807, 2.05) is 31.2 Å². The number of aryl methyl sites for hydroxylation is 1. The maximum absolute atomic E-state index is 11.9. The van der Waals surface area contributed by atoms with Crippen LogP contribution in [0.1, 0.15) is 18.4 Å². The van der Waals surface area contributed by atoms with E-state index in [0.29, 0.717) is 18.7 Å². The van der Waals surface area contributed by atoms with Crippen molar-refractivity contribution in [3.05, 3.63) is 29.8 Å². The standard InChI is InChI=1S/C15H20N2O2S/c1-11-3-6-13(7-4-11)20-10-14(18)16-12-5-8-15(19)17(2)9-12/h3-4,6-7,12H,5,8-10H2,1-2H3,(H,16,18)/t12-/m1/s1. The number of carbonyl (C=O) groups is 2. The lowest BCUT2D eigenvalue weighted by Gasteiger charge is -2.30. The lowest BCUT2D eigenvalue weighted by atomic mass is 10.1. The summed E-state index contributed by atoms with van der Waals surface area (Å²) in [7, 11) is 1.78. The van der Waals surface area contributed by atoms with Gasteiger partial charge in [0.15, 0.2) is 0 Å². The Morgan fingerprint density at radius 3 is 2.75 bits per heavy atom. The molecule has 1 aromatic rings. The van der Waals surface area contributed by atoms with E-state index < -0.39 is 0 Å². The van der Waals surface area contributed by atoms with Crippen molar-refractivity contribution in [2.75, 3.05) is 19.3 Å². The van der Waals surface area contributed by atoms with Crippen molar-refractivity contribution in [1.29, 1.82) is 0 Å². The van der Waals surface area contributed by atoms with Crippen LogP contribution in [0.15, 0.2) is 29.2 Å². The number of amides is 2. The molecule has 1 aliphatic rings. The summed E-state index contributed by atoms with van der Waals surface area (Å²) in [5.41, 5.74) is 1.22. The first-order valence-electron chi connectivity index (χ1n) is 6.77. The largest absolute Gasteiger partial charge is 0.351 e. The average Bonchev–Trinajstić information content (AvgIpc) is 2.42. The van der Waals surface area contributed by atoms with Crippen LogP contribution < -0.4 is 5.32 Å². The van der Waals surface area contributed by atoms with Crippen LogP contribution in [-0.2, 0) is 9.59 Å². The number of nitrogens with zero attached hydrogens (tertiary/aromatic N) is 1. The summed E-state index contributed by atoms with van der Waals surface area (Å²) in [4.78, 5) is 26.1. The van der Waals surface area contributed by atoms with Crippen LogP contribution in [0.4, 0.5) is 0 Å². The van der Waals surface area contributed by atoms with Crippen molar-refractivity contribution in [3.63, 3.8) is 0 Å². The van der Waals surface area contributed by atoms with Crippen LogP contribution in [0.25, 0.3) is 0 Å². The van der Waals surface area contributed by atoms with Gasteiger partial charge in [-0.25, -0.2) is 0 Å². The second-order valence-corrected chi connectivity index (χ2v) is 6.23. The quantitative estimate of drug-likeness (QED) is 0.861. The van der Waals surface area contributed by atoms with Crippen molar-refractivity contribution in [3.8, 4) is 0 Å². The van der Waals surface area contributed by atoms with Gasteiger partial charge in [0.1, 0.15) is 0 Å². The zero-order chi connectivity index (χ0) is 14.5. The number of hydrogen-bond donors (Lipinski definition) is 1. The van der Waals surface area contributed by atoms with Gasteiger partial charge in [0.05, 0.1) is 5.75 Å². The molecule has 20 heavy (non-hydrogen) atoms. The Bertz CT molecular complexity index is 487.